The largest absolute Gasteiger partial charge is 0.0850 e. The van der Waals surface area contributed by atoms with Crippen molar-refractivity contribution in [2.45, 2.75) is 27.2 Å². The predicted molar refractivity (Wildman–Crippen MR) is 36.7 cm³/mol. The van der Waals surface area contributed by atoms with Crippen LogP contribution in [0, 0.1) is 11.8 Å². The minimum atomic E-state index is 0.843. The minimum Gasteiger partial charge on any atom is -0.0850 e. The highest BCUT2D eigenvalue weighted by molar-refractivity contribution is 5.10. The molecule has 0 radical (unpaired) electrons. The Morgan fingerprint density at radius 3 is 2.25 bits per heavy atom. The lowest BCUT2D eigenvalue weighted by Crippen LogP contribution is -2.00. The first-order valence-electron chi connectivity index (χ1n) is 3.38. The van der Waals surface area contributed by atoms with Gasteiger partial charge in [-0.2, -0.15) is 0 Å². The van der Waals surface area contributed by atoms with Gasteiger partial charge in [0.05, 0.1) is 0 Å². The Bertz CT molecular complexity index is 111. The molecule has 0 heterocycles. The van der Waals surface area contributed by atoms with Crippen LogP contribution in [0.15, 0.2) is 11.6 Å². The van der Waals surface area contributed by atoms with Crippen molar-refractivity contribution in [1.29, 1.82) is 0 Å². The molecule has 2 atom stereocenters. The summed E-state index contributed by atoms with van der Waals surface area (Å²) in [5.41, 5.74) is 1.58. The lowest BCUT2D eigenvalue weighted by molar-refractivity contribution is 0.482. The maximum absolute atomic E-state index is 2.36. The fraction of sp³-hybridized carbons (Fsp3) is 0.750. The summed E-state index contributed by atoms with van der Waals surface area (Å²) >= 11 is 0. The van der Waals surface area contributed by atoms with E-state index in [1.807, 2.05) is 0 Å². The average molecular weight is 110 g/mol. The minimum absolute atomic E-state index is 0.843. The average Bonchev–Trinajstić information content (AvgIpc) is 1.98. The van der Waals surface area contributed by atoms with Crippen LogP contribution in [-0.2, 0) is 0 Å². The molecule has 0 aromatic heterocycles. The van der Waals surface area contributed by atoms with Crippen LogP contribution in [0.2, 0.25) is 0 Å². The van der Waals surface area contributed by atoms with Crippen LogP contribution in [0.4, 0.5) is 0 Å². The molecule has 2 unspecified atom stereocenters. The Labute approximate surface area is 51.6 Å². The van der Waals surface area contributed by atoms with E-state index < -0.39 is 0 Å². The summed E-state index contributed by atoms with van der Waals surface area (Å²) < 4.78 is 0. The Balaban J connectivity index is 2.59. The summed E-state index contributed by atoms with van der Waals surface area (Å²) in [6.07, 6.45) is 3.66. The number of rotatable bonds is 0. The molecule has 1 rings (SSSR count). The first-order chi connectivity index (χ1) is 3.72. The van der Waals surface area contributed by atoms with Gasteiger partial charge in [-0.05, 0) is 25.2 Å². The number of hydrogen-bond acceptors (Lipinski definition) is 0. The molecule has 1 aliphatic carbocycles. The molecule has 0 spiro atoms. The maximum Gasteiger partial charge on any atom is -0.0206 e. The van der Waals surface area contributed by atoms with Gasteiger partial charge < -0.3 is 0 Å². The molecule has 0 aromatic rings. The standard InChI is InChI=1S/C8H14/c1-6-4-5-7(2)8(6)3/h4,7-8H,5H2,1-3H3. The zero-order valence-corrected chi connectivity index (χ0v) is 5.94. The van der Waals surface area contributed by atoms with Crippen molar-refractivity contribution in [3.05, 3.63) is 11.6 Å². The van der Waals surface area contributed by atoms with Crippen molar-refractivity contribution in [1.82, 2.24) is 0 Å². The molecule has 0 saturated heterocycles. The molecule has 8 heavy (non-hydrogen) atoms. The fourth-order valence-corrected chi connectivity index (χ4v) is 1.21. The SMILES string of the molecule is CC1=CCC(C)C1C. The first kappa shape index (κ1) is 5.87. The molecule has 0 N–H and O–H groups in total. The van der Waals surface area contributed by atoms with Crippen LogP contribution >= 0.6 is 0 Å². The van der Waals surface area contributed by atoms with Gasteiger partial charge in [-0.1, -0.05) is 25.5 Å². The molecule has 0 nitrogen and oxygen atoms in total. The smallest absolute Gasteiger partial charge is 0.0206 e. The highest BCUT2D eigenvalue weighted by Crippen LogP contribution is 2.29. The van der Waals surface area contributed by atoms with E-state index >= 15 is 0 Å². The summed E-state index contributed by atoms with van der Waals surface area (Å²) in [5, 5.41) is 0. The predicted octanol–water partition coefficient (Wildman–Crippen LogP) is 2.61. The molecule has 0 aromatic carbocycles. The van der Waals surface area contributed by atoms with Crippen LogP contribution in [0.3, 0.4) is 0 Å². The Morgan fingerprint density at radius 1 is 1.50 bits per heavy atom. The maximum atomic E-state index is 2.36. The van der Waals surface area contributed by atoms with Crippen LogP contribution in [-0.4, -0.2) is 0 Å². The van der Waals surface area contributed by atoms with E-state index in [0.717, 1.165) is 11.8 Å². The van der Waals surface area contributed by atoms with Gasteiger partial charge in [0.1, 0.15) is 0 Å². The van der Waals surface area contributed by atoms with E-state index in [9.17, 15) is 0 Å². The Kier molecular flexibility index (Phi) is 1.41. The molecular formula is C8H14. The summed E-state index contributed by atoms with van der Waals surface area (Å²) in [4.78, 5) is 0. The lowest BCUT2D eigenvalue weighted by atomic mass is 9.96. The van der Waals surface area contributed by atoms with Crippen LogP contribution in [0.5, 0.6) is 0 Å². The van der Waals surface area contributed by atoms with Crippen molar-refractivity contribution >= 4 is 0 Å². The van der Waals surface area contributed by atoms with Crippen molar-refractivity contribution in [3.63, 3.8) is 0 Å². The summed E-state index contributed by atoms with van der Waals surface area (Å²) in [6.45, 7) is 6.86. The molecule has 0 aliphatic heterocycles. The zero-order valence-electron chi connectivity index (χ0n) is 5.94. The van der Waals surface area contributed by atoms with Gasteiger partial charge in [-0.15, -0.1) is 0 Å². The van der Waals surface area contributed by atoms with E-state index in [4.69, 9.17) is 0 Å². The molecule has 0 heteroatoms. The third-order valence-corrected chi connectivity index (χ3v) is 2.38. The zero-order chi connectivity index (χ0) is 6.15. The van der Waals surface area contributed by atoms with E-state index in [2.05, 4.69) is 26.8 Å². The molecule has 1 aliphatic rings. The molecular weight excluding hydrogens is 96.1 g/mol. The molecule has 0 saturated carbocycles. The van der Waals surface area contributed by atoms with Crippen molar-refractivity contribution in [2.24, 2.45) is 11.8 Å². The third-order valence-electron chi connectivity index (χ3n) is 2.38. The monoisotopic (exact) mass is 110 g/mol. The molecule has 0 amide bonds. The van der Waals surface area contributed by atoms with Gasteiger partial charge in [-0.25, -0.2) is 0 Å². The number of hydrogen-bond donors (Lipinski definition) is 0. The molecule has 0 fully saturated rings. The lowest BCUT2D eigenvalue weighted by Gasteiger charge is -2.09. The van der Waals surface area contributed by atoms with E-state index in [-0.39, 0.29) is 0 Å². The fourth-order valence-electron chi connectivity index (χ4n) is 1.21. The van der Waals surface area contributed by atoms with Crippen molar-refractivity contribution < 1.29 is 0 Å². The highest BCUT2D eigenvalue weighted by atomic mass is 14.2. The van der Waals surface area contributed by atoms with Gasteiger partial charge in [0.25, 0.3) is 0 Å². The van der Waals surface area contributed by atoms with Gasteiger partial charge in [-0.3, -0.25) is 0 Å². The summed E-state index contributed by atoms with van der Waals surface area (Å²) in [6, 6.07) is 0. The molecule has 46 valence electrons. The van der Waals surface area contributed by atoms with Gasteiger partial charge in [0.15, 0.2) is 0 Å². The van der Waals surface area contributed by atoms with Crippen LogP contribution in [0.1, 0.15) is 27.2 Å². The van der Waals surface area contributed by atoms with E-state index in [1.54, 1.807) is 5.57 Å². The topological polar surface area (TPSA) is 0 Å². The second-order valence-corrected chi connectivity index (χ2v) is 2.95. The van der Waals surface area contributed by atoms with E-state index in [0.29, 0.717) is 0 Å². The van der Waals surface area contributed by atoms with Crippen molar-refractivity contribution in [2.75, 3.05) is 0 Å². The quantitative estimate of drug-likeness (QED) is 0.420. The Hall–Kier alpha value is -0.260. The Morgan fingerprint density at radius 2 is 2.12 bits per heavy atom. The first-order valence-corrected chi connectivity index (χ1v) is 3.38. The second-order valence-electron chi connectivity index (χ2n) is 2.95. The van der Waals surface area contributed by atoms with Crippen LogP contribution < -0.4 is 0 Å². The van der Waals surface area contributed by atoms with Gasteiger partial charge >= 0.3 is 0 Å². The van der Waals surface area contributed by atoms with Gasteiger partial charge in [0.2, 0.25) is 0 Å². The van der Waals surface area contributed by atoms with E-state index in [1.165, 1.54) is 6.42 Å². The van der Waals surface area contributed by atoms with Crippen molar-refractivity contribution in [3.8, 4) is 0 Å². The van der Waals surface area contributed by atoms with Crippen LogP contribution in [0.25, 0.3) is 0 Å². The van der Waals surface area contributed by atoms with Gasteiger partial charge in [0, 0.05) is 0 Å². The highest BCUT2D eigenvalue weighted by Gasteiger charge is 2.17. The summed E-state index contributed by atoms with van der Waals surface area (Å²) in [7, 11) is 0. The third kappa shape index (κ3) is 0.795. The molecule has 0 bridgehead atoms. The summed E-state index contributed by atoms with van der Waals surface area (Å²) in [5.74, 6) is 1.74. The normalized spacial score (nSPS) is 37.6. The number of allylic oxidation sites excluding steroid dienone is 2. The second kappa shape index (κ2) is 1.93.